The standard InChI is InChI=1S/C16H12FN3O2/c17-12-7-3-2-6-11(12)15(21)19-20-16(22)14-9-10-5-1-4-8-13(10)18-14/h1-9,18H,(H,19,21)(H,20,22). The Labute approximate surface area is 125 Å². The maximum atomic E-state index is 13.4. The normalized spacial score (nSPS) is 10.4. The zero-order valence-corrected chi connectivity index (χ0v) is 11.4. The van der Waals surface area contributed by atoms with Gasteiger partial charge in [-0.15, -0.1) is 0 Å². The van der Waals surface area contributed by atoms with Gasteiger partial charge in [0.15, 0.2) is 0 Å². The van der Waals surface area contributed by atoms with Crippen LogP contribution in [0.25, 0.3) is 10.9 Å². The molecule has 0 spiro atoms. The van der Waals surface area contributed by atoms with Crippen molar-refractivity contribution in [3.05, 3.63) is 71.7 Å². The van der Waals surface area contributed by atoms with Gasteiger partial charge < -0.3 is 4.98 Å². The number of benzene rings is 2. The van der Waals surface area contributed by atoms with E-state index in [1.54, 1.807) is 6.07 Å². The van der Waals surface area contributed by atoms with Crippen LogP contribution in [0.5, 0.6) is 0 Å². The van der Waals surface area contributed by atoms with Crippen LogP contribution in [0.1, 0.15) is 20.8 Å². The lowest BCUT2D eigenvalue weighted by Gasteiger charge is -2.06. The van der Waals surface area contributed by atoms with E-state index in [9.17, 15) is 14.0 Å². The Morgan fingerprint density at radius 1 is 0.909 bits per heavy atom. The molecule has 3 rings (SSSR count). The van der Waals surface area contributed by atoms with Crippen molar-refractivity contribution in [2.24, 2.45) is 0 Å². The molecule has 0 unspecified atom stereocenters. The number of amides is 2. The highest BCUT2D eigenvalue weighted by Crippen LogP contribution is 2.14. The molecule has 22 heavy (non-hydrogen) atoms. The van der Waals surface area contributed by atoms with Crippen LogP contribution in [0.2, 0.25) is 0 Å². The monoisotopic (exact) mass is 297 g/mol. The third kappa shape index (κ3) is 2.67. The van der Waals surface area contributed by atoms with Gasteiger partial charge in [0.05, 0.1) is 5.56 Å². The summed E-state index contributed by atoms with van der Waals surface area (Å²) in [5.41, 5.74) is 5.41. The summed E-state index contributed by atoms with van der Waals surface area (Å²) in [5, 5.41) is 0.882. The van der Waals surface area contributed by atoms with Crippen molar-refractivity contribution in [3.8, 4) is 0 Å². The average Bonchev–Trinajstić information content (AvgIpc) is 2.97. The number of para-hydroxylation sites is 1. The Kier molecular flexibility index (Phi) is 3.57. The molecule has 0 aliphatic heterocycles. The van der Waals surface area contributed by atoms with Crippen molar-refractivity contribution >= 4 is 22.7 Å². The molecule has 0 radical (unpaired) electrons. The molecule has 0 bridgehead atoms. The first-order valence-electron chi connectivity index (χ1n) is 6.58. The maximum absolute atomic E-state index is 13.4. The molecule has 110 valence electrons. The number of nitrogens with one attached hydrogen (secondary N) is 3. The highest BCUT2D eigenvalue weighted by Gasteiger charge is 2.13. The fraction of sp³-hybridized carbons (Fsp3) is 0. The van der Waals surface area contributed by atoms with Crippen molar-refractivity contribution < 1.29 is 14.0 Å². The fourth-order valence-corrected chi connectivity index (χ4v) is 2.09. The summed E-state index contributed by atoms with van der Waals surface area (Å²) in [4.78, 5) is 26.7. The summed E-state index contributed by atoms with van der Waals surface area (Å²) in [5.74, 6) is -1.89. The van der Waals surface area contributed by atoms with Crippen molar-refractivity contribution in [3.63, 3.8) is 0 Å². The molecule has 3 aromatic rings. The number of carbonyl (C=O) groups is 2. The highest BCUT2D eigenvalue weighted by atomic mass is 19.1. The zero-order valence-electron chi connectivity index (χ0n) is 11.4. The molecule has 0 fully saturated rings. The Balaban J connectivity index is 1.69. The van der Waals surface area contributed by atoms with Crippen molar-refractivity contribution in [1.29, 1.82) is 0 Å². The van der Waals surface area contributed by atoms with Crippen LogP contribution < -0.4 is 10.9 Å². The summed E-state index contributed by atoms with van der Waals surface area (Å²) in [6, 6.07) is 14.6. The van der Waals surface area contributed by atoms with Gasteiger partial charge in [0, 0.05) is 10.9 Å². The summed E-state index contributed by atoms with van der Waals surface area (Å²) in [6.45, 7) is 0. The number of halogens is 1. The van der Waals surface area contributed by atoms with Gasteiger partial charge >= 0.3 is 0 Å². The molecular formula is C16H12FN3O2. The molecule has 1 aromatic heterocycles. The lowest BCUT2D eigenvalue weighted by molar-refractivity contribution is 0.0842. The number of aromatic amines is 1. The van der Waals surface area contributed by atoms with E-state index in [1.807, 2.05) is 24.3 Å². The highest BCUT2D eigenvalue weighted by molar-refractivity contribution is 6.00. The van der Waals surface area contributed by atoms with Gasteiger partial charge in [-0.25, -0.2) is 4.39 Å². The Bertz CT molecular complexity index is 824. The number of aromatic nitrogens is 1. The van der Waals surface area contributed by atoms with Crippen LogP contribution in [0.4, 0.5) is 4.39 Å². The zero-order chi connectivity index (χ0) is 15.5. The topological polar surface area (TPSA) is 74.0 Å². The maximum Gasteiger partial charge on any atom is 0.286 e. The van der Waals surface area contributed by atoms with Gasteiger partial charge in [-0.2, -0.15) is 0 Å². The lowest BCUT2D eigenvalue weighted by Crippen LogP contribution is -2.42. The summed E-state index contributed by atoms with van der Waals surface area (Å²) in [6.07, 6.45) is 0. The second kappa shape index (κ2) is 5.69. The molecule has 0 aliphatic rings. The van der Waals surface area contributed by atoms with Crippen LogP contribution in [0.15, 0.2) is 54.6 Å². The van der Waals surface area contributed by atoms with Gasteiger partial charge in [-0.1, -0.05) is 30.3 Å². The van der Waals surface area contributed by atoms with Crippen LogP contribution in [0.3, 0.4) is 0 Å². The first kappa shape index (κ1) is 13.8. The molecule has 6 heteroatoms. The number of hydrogen-bond acceptors (Lipinski definition) is 2. The van der Waals surface area contributed by atoms with E-state index < -0.39 is 17.6 Å². The predicted molar refractivity (Wildman–Crippen MR) is 79.6 cm³/mol. The first-order chi connectivity index (χ1) is 10.6. The minimum absolute atomic E-state index is 0.139. The molecule has 5 nitrogen and oxygen atoms in total. The first-order valence-corrected chi connectivity index (χ1v) is 6.58. The largest absolute Gasteiger partial charge is 0.350 e. The Morgan fingerprint density at radius 3 is 2.36 bits per heavy atom. The van der Waals surface area contributed by atoms with E-state index >= 15 is 0 Å². The molecule has 2 aromatic carbocycles. The van der Waals surface area contributed by atoms with Gasteiger partial charge in [-0.3, -0.25) is 20.4 Å². The van der Waals surface area contributed by atoms with Gasteiger partial charge in [0.2, 0.25) is 0 Å². The minimum atomic E-state index is -0.720. The molecular weight excluding hydrogens is 285 g/mol. The number of H-pyrrole nitrogens is 1. The lowest BCUT2D eigenvalue weighted by atomic mass is 10.2. The molecule has 0 saturated carbocycles. The van der Waals surface area contributed by atoms with E-state index in [0.29, 0.717) is 5.69 Å². The van der Waals surface area contributed by atoms with Crippen molar-refractivity contribution in [2.45, 2.75) is 0 Å². The van der Waals surface area contributed by atoms with Gasteiger partial charge in [0.25, 0.3) is 11.8 Å². The van der Waals surface area contributed by atoms with E-state index in [4.69, 9.17) is 0 Å². The second-order valence-electron chi connectivity index (χ2n) is 4.66. The average molecular weight is 297 g/mol. The number of hydrogen-bond donors (Lipinski definition) is 3. The third-order valence-electron chi connectivity index (χ3n) is 3.18. The van der Waals surface area contributed by atoms with Crippen LogP contribution in [-0.4, -0.2) is 16.8 Å². The summed E-state index contributed by atoms with van der Waals surface area (Å²) in [7, 11) is 0. The van der Waals surface area contributed by atoms with Gasteiger partial charge in [0.1, 0.15) is 11.5 Å². The van der Waals surface area contributed by atoms with Crippen LogP contribution in [0, 0.1) is 5.82 Å². The molecule has 1 heterocycles. The minimum Gasteiger partial charge on any atom is -0.350 e. The van der Waals surface area contributed by atoms with E-state index in [0.717, 1.165) is 10.9 Å². The van der Waals surface area contributed by atoms with E-state index in [1.165, 1.54) is 24.3 Å². The quantitative estimate of drug-likeness (QED) is 0.635. The van der Waals surface area contributed by atoms with Crippen molar-refractivity contribution in [1.82, 2.24) is 15.8 Å². The van der Waals surface area contributed by atoms with Crippen LogP contribution >= 0.6 is 0 Å². The molecule has 0 aliphatic carbocycles. The molecule has 3 N–H and O–H groups in total. The van der Waals surface area contributed by atoms with Gasteiger partial charge in [-0.05, 0) is 24.3 Å². The van der Waals surface area contributed by atoms with Crippen LogP contribution in [-0.2, 0) is 0 Å². The number of rotatable bonds is 2. The number of hydrazine groups is 1. The Hall–Kier alpha value is -3.15. The predicted octanol–water partition coefficient (Wildman–Crippen LogP) is 2.38. The third-order valence-corrected chi connectivity index (χ3v) is 3.18. The Morgan fingerprint density at radius 2 is 1.59 bits per heavy atom. The smallest absolute Gasteiger partial charge is 0.286 e. The van der Waals surface area contributed by atoms with E-state index in [2.05, 4.69) is 15.8 Å². The van der Waals surface area contributed by atoms with E-state index in [-0.39, 0.29) is 5.56 Å². The fourth-order valence-electron chi connectivity index (χ4n) is 2.09. The SMILES string of the molecule is O=C(NNC(=O)c1ccccc1F)c1cc2ccccc2[nH]1. The second-order valence-corrected chi connectivity index (χ2v) is 4.66. The molecule has 2 amide bonds. The molecule has 0 saturated heterocycles. The van der Waals surface area contributed by atoms with Crippen molar-refractivity contribution in [2.75, 3.05) is 0 Å². The molecule has 0 atom stereocenters. The summed E-state index contributed by atoms with van der Waals surface area (Å²) < 4.78 is 13.4. The summed E-state index contributed by atoms with van der Waals surface area (Å²) >= 11 is 0. The number of fused-ring (bicyclic) bond motifs is 1. The number of carbonyl (C=O) groups excluding carboxylic acids is 2.